The molecule has 0 aliphatic rings. The van der Waals surface area contributed by atoms with Crippen molar-refractivity contribution in [3.8, 4) is 11.1 Å². The quantitative estimate of drug-likeness (QED) is 0.766. The highest BCUT2D eigenvalue weighted by molar-refractivity contribution is 7.17. The van der Waals surface area contributed by atoms with Crippen molar-refractivity contribution in [3.05, 3.63) is 40.3 Å². The fraction of sp³-hybridized carbons (Fsp3) is 0.368. The van der Waals surface area contributed by atoms with Gasteiger partial charge in [0.1, 0.15) is 16.2 Å². The lowest BCUT2D eigenvalue weighted by Crippen LogP contribution is -2.27. The summed E-state index contributed by atoms with van der Waals surface area (Å²) >= 11 is 1.33. The molecule has 1 heterocycles. The number of anilines is 1. The molecular weight excluding hydrogens is 338 g/mol. The van der Waals surface area contributed by atoms with Crippen LogP contribution in [0.2, 0.25) is 0 Å². The molecule has 0 atom stereocenters. The van der Waals surface area contributed by atoms with Crippen LogP contribution in [0, 0.1) is 13.8 Å². The summed E-state index contributed by atoms with van der Waals surface area (Å²) in [7, 11) is 1.32. The van der Waals surface area contributed by atoms with Gasteiger partial charge >= 0.3 is 12.1 Å². The molecule has 0 aliphatic heterocycles. The number of ether oxygens (including phenoxy) is 2. The third kappa shape index (κ3) is 4.60. The predicted molar refractivity (Wildman–Crippen MR) is 100 cm³/mol. The highest BCUT2D eigenvalue weighted by atomic mass is 32.1. The summed E-state index contributed by atoms with van der Waals surface area (Å²) in [6, 6.07) is 7.87. The Morgan fingerprint density at radius 3 is 2.20 bits per heavy atom. The molecule has 1 aromatic carbocycles. The lowest BCUT2D eigenvalue weighted by molar-refractivity contribution is 0.0603. The lowest BCUT2D eigenvalue weighted by Gasteiger charge is -2.19. The van der Waals surface area contributed by atoms with E-state index in [2.05, 4.69) is 5.32 Å². The summed E-state index contributed by atoms with van der Waals surface area (Å²) in [5, 5.41) is 3.11. The number of carbonyl (C=O) groups excluding carboxylic acids is 2. The van der Waals surface area contributed by atoms with Gasteiger partial charge in [-0.2, -0.15) is 0 Å². The van der Waals surface area contributed by atoms with E-state index in [0.29, 0.717) is 10.6 Å². The molecular formula is C19H23NO4S. The molecule has 0 fully saturated rings. The zero-order chi connectivity index (χ0) is 18.8. The SMILES string of the molecule is COC(=O)c1c(NC(=O)OC(C)(C)C)sc(C)c1-c1ccc(C)cc1. The normalized spacial score (nSPS) is 11.1. The number of esters is 1. The Morgan fingerprint density at radius 1 is 1.08 bits per heavy atom. The van der Waals surface area contributed by atoms with E-state index < -0.39 is 17.7 Å². The standard InChI is InChI=1S/C19H23NO4S/c1-11-7-9-13(10-8-11)14-12(2)25-16(15(14)17(21)23-6)20-18(22)24-19(3,4)5/h7-10H,1-6H3,(H,20,22). The molecule has 2 rings (SSSR count). The molecule has 134 valence electrons. The van der Waals surface area contributed by atoms with Gasteiger partial charge in [0.2, 0.25) is 0 Å². The highest BCUT2D eigenvalue weighted by Crippen LogP contribution is 2.40. The van der Waals surface area contributed by atoms with E-state index >= 15 is 0 Å². The van der Waals surface area contributed by atoms with Crippen molar-refractivity contribution < 1.29 is 19.1 Å². The van der Waals surface area contributed by atoms with E-state index in [0.717, 1.165) is 21.6 Å². The fourth-order valence-electron chi connectivity index (χ4n) is 2.39. The van der Waals surface area contributed by atoms with Gasteiger partial charge in [0.15, 0.2) is 0 Å². The number of aryl methyl sites for hydroxylation is 2. The van der Waals surface area contributed by atoms with Crippen LogP contribution in [0.4, 0.5) is 9.80 Å². The Balaban J connectivity index is 2.48. The zero-order valence-corrected chi connectivity index (χ0v) is 16.2. The van der Waals surface area contributed by atoms with Crippen molar-refractivity contribution in [1.82, 2.24) is 0 Å². The minimum Gasteiger partial charge on any atom is -0.465 e. The molecule has 0 radical (unpaired) electrons. The van der Waals surface area contributed by atoms with Crippen LogP contribution in [0.25, 0.3) is 11.1 Å². The Morgan fingerprint density at radius 2 is 1.68 bits per heavy atom. The molecule has 6 heteroatoms. The van der Waals surface area contributed by atoms with Gasteiger partial charge in [0.05, 0.1) is 7.11 Å². The molecule has 0 bridgehead atoms. The molecule has 2 aromatic rings. The van der Waals surface area contributed by atoms with E-state index in [9.17, 15) is 9.59 Å². The second kappa shape index (κ2) is 7.27. The van der Waals surface area contributed by atoms with E-state index in [1.54, 1.807) is 20.8 Å². The average Bonchev–Trinajstić information content (AvgIpc) is 2.81. The van der Waals surface area contributed by atoms with Crippen molar-refractivity contribution in [1.29, 1.82) is 0 Å². The average molecular weight is 361 g/mol. The summed E-state index contributed by atoms with van der Waals surface area (Å²) in [5.41, 5.74) is 2.52. The first kappa shape index (κ1) is 19.0. The van der Waals surface area contributed by atoms with Crippen LogP contribution in [-0.4, -0.2) is 24.8 Å². The first-order valence-corrected chi connectivity index (χ1v) is 8.72. The van der Waals surface area contributed by atoms with Gasteiger partial charge in [-0.25, -0.2) is 9.59 Å². The molecule has 1 amide bonds. The maximum Gasteiger partial charge on any atom is 0.412 e. The van der Waals surface area contributed by atoms with Gasteiger partial charge in [0, 0.05) is 10.4 Å². The molecule has 0 aliphatic carbocycles. The second-order valence-corrected chi connectivity index (χ2v) is 7.95. The van der Waals surface area contributed by atoms with Crippen LogP contribution in [0.5, 0.6) is 0 Å². The molecule has 0 spiro atoms. The number of benzene rings is 1. The summed E-state index contributed by atoms with van der Waals surface area (Å²) in [5.74, 6) is -0.494. The third-order valence-electron chi connectivity index (χ3n) is 3.43. The number of nitrogens with one attached hydrogen (secondary N) is 1. The number of thiophene rings is 1. The number of hydrogen-bond acceptors (Lipinski definition) is 5. The van der Waals surface area contributed by atoms with Crippen molar-refractivity contribution in [2.24, 2.45) is 0 Å². The van der Waals surface area contributed by atoms with Crippen molar-refractivity contribution >= 4 is 28.4 Å². The van der Waals surface area contributed by atoms with Crippen molar-refractivity contribution in [2.45, 2.75) is 40.2 Å². The summed E-state index contributed by atoms with van der Waals surface area (Å²) in [6.45, 7) is 9.26. The lowest BCUT2D eigenvalue weighted by atomic mass is 10.0. The number of rotatable bonds is 3. The van der Waals surface area contributed by atoms with Gasteiger partial charge in [-0.1, -0.05) is 29.8 Å². The molecule has 0 saturated heterocycles. The van der Waals surface area contributed by atoms with Crippen LogP contribution in [0.1, 0.15) is 41.6 Å². The van der Waals surface area contributed by atoms with E-state index in [4.69, 9.17) is 9.47 Å². The Bertz CT molecular complexity index is 785. The fourth-order valence-corrected chi connectivity index (χ4v) is 3.44. The summed E-state index contributed by atoms with van der Waals surface area (Å²) in [4.78, 5) is 25.4. The first-order valence-electron chi connectivity index (χ1n) is 7.91. The highest BCUT2D eigenvalue weighted by Gasteiger charge is 2.26. The Kier molecular flexibility index (Phi) is 5.52. The third-order valence-corrected chi connectivity index (χ3v) is 4.45. The predicted octanol–water partition coefficient (Wildman–Crippen LogP) is 5.17. The van der Waals surface area contributed by atoms with Crippen molar-refractivity contribution in [2.75, 3.05) is 12.4 Å². The number of amides is 1. The molecule has 1 N–H and O–H groups in total. The van der Waals surface area contributed by atoms with Gasteiger partial charge in [0.25, 0.3) is 0 Å². The Labute approximate surface area is 152 Å². The Hall–Kier alpha value is -2.34. The monoisotopic (exact) mass is 361 g/mol. The van der Waals surface area contributed by atoms with Gasteiger partial charge < -0.3 is 9.47 Å². The summed E-state index contributed by atoms with van der Waals surface area (Å²) < 4.78 is 10.2. The topological polar surface area (TPSA) is 64.6 Å². The van der Waals surface area contributed by atoms with Crippen LogP contribution in [0.15, 0.2) is 24.3 Å². The first-order chi connectivity index (χ1) is 11.6. The zero-order valence-electron chi connectivity index (χ0n) is 15.4. The van der Waals surface area contributed by atoms with Gasteiger partial charge in [-0.15, -0.1) is 11.3 Å². The minimum absolute atomic E-state index is 0.347. The van der Waals surface area contributed by atoms with Crippen molar-refractivity contribution in [3.63, 3.8) is 0 Å². The molecule has 1 aromatic heterocycles. The van der Waals surface area contributed by atoms with Gasteiger partial charge in [-0.3, -0.25) is 5.32 Å². The molecule has 0 unspecified atom stereocenters. The molecule has 5 nitrogen and oxygen atoms in total. The van der Waals surface area contributed by atoms with Crippen LogP contribution in [0.3, 0.4) is 0 Å². The number of hydrogen-bond donors (Lipinski definition) is 1. The van der Waals surface area contributed by atoms with Crippen LogP contribution < -0.4 is 5.32 Å². The van der Waals surface area contributed by atoms with E-state index in [1.807, 2.05) is 38.1 Å². The smallest absolute Gasteiger partial charge is 0.412 e. The largest absolute Gasteiger partial charge is 0.465 e. The summed E-state index contributed by atoms with van der Waals surface area (Å²) in [6.07, 6.45) is -0.602. The maximum atomic E-state index is 12.4. The van der Waals surface area contributed by atoms with E-state index in [-0.39, 0.29) is 0 Å². The second-order valence-electron chi connectivity index (χ2n) is 6.72. The maximum absolute atomic E-state index is 12.4. The molecule has 25 heavy (non-hydrogen) atoms. The minimum atomic E-state index is -0.623. The number of methoxy groups -OCH3 is 1. The number of carbonyl (C=O) groups is 2. The van der Waals surface area contributed by atoms with Gasteiger partial charge in [-0.05, 0) is 40.2 Å². The molecule has 0 saturated carbocycles. The van der Waals surface area contributed by atoms with Crippen LogP contribution in [-0.2, 0) is 9.47 Å². The van der Waals surface area contributed by atoms with E-state index in [1.165, 1.54) is 18.4 Å². The van der Waals surface area contributed by atoms with Crippen LogP contribution >= 0.6 is 11.3 Å².